The van der Waals surface area contributed by atoms with Gasteiger partial charge in [0.1, 0.15) is 11.5 Å². The molecule has 1 aliphatic heterocycles. The van der Waals surface area contributed by atoms with Crippen molar-refractivity contribution in [2.24, 2.45) is 0 Å². The Labute approximate surface area is 227 Å². The Morgan fingerprint density at radius 1 is 1.08 bits per heavy atom. The number of carbonyl (C=O) groups excluding carboxylic acids is 1. The first-order chi connectivity index (χ1) is 18.5. The second-order valence-electron chi connectivity index (χ2n) is 9.23. The molecule has 1 atom stereocenters. The van der Waals surface area contributed by atoms with E-state index in [2.05, 4.69) is 0 Å². The number of hydrogen-bond donors (Lipinski definition) is 0. The third kappa shape index (κ3) is 5.85. The van der Waals surface area contributed by atoms with E-state index in [0.29, 0.717) is 47.7 Å². The summed E-state index contributed by atoms with van der Waals surface area (Å²) in [4.78, 5) is 15.5. The number of rotatable bonds is 9. The largest absolute Gasteiger partial charge is 0.497 e. The van der Waals surface area contributed by atoms with Crippen LogP contribution in [0.5, 0.6) is 17.4 Å². The van der Waals surface area contributed by atoms with Gasteiger partial charge in [-0.15, -0.1) is 0 Å². The molecule has 0 bridgehead atoms. The van der Waals surface area contributed by atoms with Crippen molar-refractivity contribution in [3.8, 4) is 23.1 Å². The summed E-state index contributed by atoms with van der Waals surface area (Å²) in [5.74, 6) is 1.74. The minimum atomic E-state index is -0.101. The highest BCUT2D eigenvalue weighted by Gasteiger charge is 2.28. The molecule has 0 unspecified atom stereocenters. The van der Waals surface area contributed by atoms with Gasteiger partial charge in [0.25, 0.3) is 5.91 Å². The molecule has 1 amide bonds. The van der Waals surface area contributed by atoms with Gasteiger partial charge in [0.2, 0.25) is 5.88 Å². The Morgan fingerprint density at radius 2 is 1.84 bits per heavy atom. The number of hydrogen-bond acceptors (Lipinski definition) is 5. The summed E-state index contributed by atoms with van der Waals surface area (Å²) in [5, 5.41) is 5.41. The van der Waals surface area contributed by atoms with Gasteiger partial charge in [0.05, 0.1) is 36.7 Å². The lowest BCUT2D eigenvalue weighted by Crippen LogP contribution is -2.37. The van der Waals surface area contributed by atoms with Crippen LogP contribution in [0, 0.1) is 6.92 Å². The molecule has 196 valence electrons. The average molecular weight is 532 g/mol. The van der Waals surface area contributed by atoms with Gasteiger partial charge >= 0.3 is 0 Å². The fraction of sp³-hybridized carbons (Fsp3) is 0.267. The molecule has 7 nitrogen and oxygen atoms in total. The molecule has 0 aliphatic carbocycles. The van der Waals surface area contributed by atoms with E-state index < -0.39 is 0 Å². The van der Waals surface area contributed by atoms with Crippen LogP contribution in [0.25, 0.3) is 5.69 Å². The number of halogens is 1. The number of ether oxygens (including phenoxy) is 3. The van der Waals surface area contributed by atoms with Crippen LogP contribution in [0.2, 0.25) is 5.02 Å². The van der Waals surface area contributed by atoms with E-state index in [1.807, 2.05) is 66.4 Å². The van der Waals surface area contributed by atoms with E-state index in [-0.39, 0.29) is 12.0 Å². The van der Waals surface area contributed by atoms with Crippen molar-refractivity contribution in [1.82, 2.24) is 14.7 Å². The molecule has 0 spiro atoms. The summed E-state index contributed by atoms with van der Waals surface area (Å²) < 4.78 is 19.5. The van der Waals surface area contributed by atoms with Gasteiger partial charge in [-0.2, -0.15) is 5.10 Å². The molecule has 3 aromatic carbocycles. The van der Waals surface area contributed by atoms with Crippen molar-refractivity contribution in [2.45, 2.75) is 32.4 Å². The van der Waals surface area contributed by atoms with E-state index in [0.717, 1.165) is 29.8 Å². The minimum absolute atomic E-state index is 0.0153. The molecule has 1 saturated heterocycles. The predicted octanol–water partition coefficient (Wildman–Crippen LogP) is 6.46. The van der Waals surface area contributed by atoms with Gasteiger partial charge in [-0.1, -0.05) is 35.9 Å². The fourth-order valence-corrected chi connectivity index (χ4v) is 4.69. The molecule has 0 saturated carbocycles. The molecule has 4 aromatic rings. The van der Waals surface area contributed by atoms with E-state index in [4.69, 9.17) is 30.9 Å². The molecular formula is C30H30ClN3O4. The number of nitrogens with zero attached hydrogens (tertiary/aromatic N) is 3. The number of carbonyl (C=O) groups is 1. The monoisotopic (exact) mass is 531 g/mol. The first-order valence-corrected chi connectivity index (χ1v) is 13.0. The third-order valence-electron chi connectivity index (χ3n) is 6.57. The van der Waals surface area contributed by atoms with Crippen molar-refractivity contribution < 1.29 is 19.0 Å². The van der Waals surface area contributed by atoms with Gasteiger partial charge in [-0.05, 0) is 68.3 Å². The summed E-state index contributed by atoms with van der Waals surface area (Å²) in [6.07, 6.45) is 1.89. The van der Waals surface area contributed by atoms with E-state index >= 15 is 0 Å². The second-order valence-corrected chi connectivity index (χ2v) is 9.66. The smallest absolute Gasteiger partial charge is 0.254 e. The quantitative estimate of drug-likeness (QED) is 0.248. The Hall–Kier alpha value is -3.81. The average Bonchev–Trinajstić information content (AvgIpc) is 3.57. The Kier molecular flexibility index (Phi) is 7.96. The maximum atomic E-state index is 13.7. The Morgan fingerprint density at radius 3 is 2.55 bits per heavy atom. The minimum Gasteiger partial charge on any atom is -0.497 e. The highest BCUT2D eigenvalue weighted by atomic mass is 35.5. The van der Waals surface area contributed by atoms with E-state index in [1.54, 1.807) is 36.1 Å². The predicted molar refractivity (Wildman–Crippen MR) is 147 cm³/mol. The zero-order chi connectivity index (χ0) is 26.5. The molecule has 0 radical (unpaired) electrons. The van der Waals surface area contributed by atoms with Crippen LogP contribution in [-0.2, 0) is 11.3 Å². The number of amides is 1. The van der Waals surface area contributed by atoms with Crippen molar-refractivity contribution in [3.63, 3.8) is 0 Å². The summed E-state index contributed by atoms with van der Waals surface area (Å²) >= 11 is 6.08. The van der Waals surface area contributed by atoms with Gasteiger partial charge in [-0.25, -0.2) is 4.68 Å². The molecule has 38 heavy (non-hydrogen) atoms. The number of aryl methyl sites for hydroxylation is 1. The molecule has 0 N–H and O–H groups in total. The number of aromatic nitrogens is 2. The van der Waals surface area contributed by atoms with Crippen molar-refractivity contribution in [1.29, 1.82) is 0 Å². The summed E-state index contributed by atoms with van der Waals surface area (Å²) in [6, 6.07) is 24.2. The number of benzene rings is 3. The van der Waals surface area contributed by atoms with Crippen LogP contribution < -0.4 is 9.47 Å². The lowest BCUT2D eigenvalue weighted by atomic mass is 10.1. The third-order valence-corrected chi connectivity index (χ3v) is 6.82. The Balaban J connectivity index is 1.54. The van der Waals surface area contributed by atoms with Crippen LogP contribution in [0.1, 0.15) is 34.5 Å². The standard InChI is InChI=1S/C30H30ClN3O4/c1-21-28(20-33(19-27-12-7-17-37-27)29(35)22-13-15-23(31)16-14-22)30(34(32-21)24-8-4-3-5-9-24)38-26-11-6-10-25(18-26)36-2/h3-6,8-11,13-16,18,27H,7,12,17,19-20H2,1-2H3/t27-/m0/s1. The normalized spacial score (nSPS) is 14.9. The number of methoxy groups -OCH3 is 1. The molecule has 5 rings (SSSR count). The van der Waals surface area contributed by atoms with Crippen LogP contribution in [-0.4, -0.2) is 47.0 Å². The first-order valence-electron chi connectivity index (χ1n) is 12.6. The molecule has 2 heterocycles. The molecule has 1 fully saturated rings. The maximum absolute atomic E-state index is 13.7. The summed E-state index contributed by atoms with van der Waals surface area (Å²) in [6.45, 7) is 3.42. The van der Waals surface area contributed by atoms with E-state index in [1.165, 1.54) is 0 Å². The zero-order valence-electron chi connectivity index (χ0n) is 21.5. The molecule has 8 heteroatoms. The van der Waals surface area contributed by atoms with Crippen LogP contribution in [0.15, 0.2) is 78.9 Å². The summed E-state index contributed by atoms with van der Waals surface area (Å²) in [7, 11) is 1.62. The van der Waals surface area contributed by atoms with Crippen molar-refractivity contribution >= 4 is 17.5 Å². The Bertz CT molecular complexity index is 1380. The lowest BCUT2D eigenvalue weighted by Gasteiger charge is -2.26. The molecule has 1 aliphatic rings. The number of para-hydroxylation sites is 1. The first kappa shape index (κ1) is 25.8. The SMILES string of the molecule is COc1cccc(Oc2c(CN(C[C@@H]3CCCO3)C(=O)c3ccc(Cl)cc3)c(C)nn2-c2ccccc2)c1. The highest BCUT2D eigenvalue weighted by molar-refractivity contribution is 6.30. The molecular weight excluding hydrogens is 502 g/mol. The van der Waals surface area contributed by atoms with Gasteiger partial charge in [0.15, 0.2) is 0 Å². The summed E-state index contributed by atoms with van der Waals surface area (Å²) in [5.41, 5.74) is 3.01. The lowest BCUT2D eigenvalue weighted by molar-refractivity contribution is 0.0505. The highest BCUT2D eigenvalue weighted by Crippen LogP contribution is 2.33. The molecule has 1 aromatic heterocycles. The maximum Gasteiger partial charge on any atom is 0.254 e. The van der Waals surface area contributed by atoms with Gasteiger partial charge in [0, 0.05) is 29.8 Å². The topological polar surface area (TPSA) is 65.8 Å². The van der Waals surface area contributed by atoms with Crippen LogP contribution in [0.4, 0.5) is 0 Å². The van der Waals surface area contributed by atoms with Crippen LogP contribution in [0.3, 0.4) is 0 Å². The fourth-order valence-electron chi connectivity index (χ4n) is 4.57. The van der Waals surface area contributed by atoms with E-state index in [9.17, 15) is 4.79 Å². The van der Waals surface area contributed by atoms with Gasteiger partial charge in [-0.3, -0.25) is 4.79 Å². The van der Waals surface area contributed by atoms with Gasteiger partial charge < -0.3 is 19.1 Å². The van der Waals surface area contributed by atoms with Crippen molar-refractivity contribution in [2.75, 3.05) is 20.3 Å². The van der Waals surface area contributed by atoms with Crippen molar-refractivity contribution in [3.05, 3.63) is 101 Å². The zero-order valence-corrected chi connectivity index (χ0v) is 22.2. The second kappa shape index (κ2) is 11.7. The van der Waals surface area contributed by atoms with Crippen LogP contribution >= 0.6 is 11.6 Å².